The molecule has 11 heterocycles. The van der Waals surface area contributed by atoms with Gasteiger partial charge in [-0.25, -0.2) is 19.2 Å². The van der Waals surface area contributed by atoms with E-state index in [0.717, 1.165) is 6.92 Å². The SMILES string of the molecule is CC1(C(=O)O)OC[C@H]2O[C@@H](OC[C@H]3O[C@H](O[C@H]4[C@H](O)[C@@H](O)[C@H](O[C@H]5[C@H](O)[C@@H](O)[C@H](O[C@H]6[C@H](O)[C@@H](O)[C@H](O[C@H]7[C@H](O)[C@@H](O)[C@H](OC[C@H]8O[C@H](O[C@H]9[C@H](O)[C@@H](O)[C@H](O[C@H]%10[C@H](O)[C@@H](O)[C@H](O[C@H]%11[C@H](O)[C@@H](O)C(O)O[C@@H]%11CO)O[C@@H]%10C(=O)O)O[C@@H]9C(=O)O)[C@H](O)[C@@H](O)[C@@H]8O)O[C@@H]7CO)O[C@@H]6CO)O[C@@H]5CO)O[C@@H]4C(=O)O)[C@H](O)[C@@H](O)[C@H]3O)[C@H](O)[C@@H](O)[C@@H]2O1. The first-order valence-electron chi connectivity index (χ1n) is 36.7. The number of aliphatic carboxylic acids is 4. The quantitative estimate of drug-likeness (QED) is 0.0346. The van der Waals surface area contributed by atoms with Crippen molar-refractivity contribution in [3.8, 4) is 0 Å². The molecule has 51 atom stereocenters. The fraction of sp³-hybridized carbons (Fsp3) is 0.937. The minimum absolute atomic E-state index is 0.497. The maximum atomic E-state index is 12.8. The Labute approximate surface area is 665 Å². The summed E-state index contributed by atoms with van der Waals surface area (Å²) in [6, 6.07) is 0. The third kappa shape index (κ3) is 19.5. The molecule has 2 unspecified atom stereocenters. The molecule has 0 aromatic carbocycles. The van der Waals surface area contributed by atoms with Crippen LogP contribution < -0.4 is 0 Å². The molecule has 11 aliphatic rings. The molecule has 11 fully saturated rings. The monoisotopic (exact) mass is 1750 g/mol. The number of rotatable bonds is 28. The van der Waals surface area contributed by atoms with Gasteiger partial charge in [0.1, 0.15) is 226 Å². The van der Waals surface area contributed by atoms with Gasteiger partial charge in [0.15, 0.2) is 81.2 Å². The Kier molecular flexibility index (Phi) is 31.7. The van der Waals surface area contributed by atoms with E-state index in [1.807, 2.05) is 0 Å². The fourth-order valence-corrected chi connectivity index (χ4v) is 14.9. The van der Waals surface area contributed by atoms with Crippen molar-refractivity contribution in [2.24, 2.45) is 0 Å². The maximum absolute atomic E-state index is 12.8. The summed E-state index contributed by atoms with van der Waals surface area (Å²) in [4.78, 5) is 49.7. The van der Waals surface area contributed by atoms with Gasteiger partial charge < -0.3 is 258 Å². The molecule has 119 heavy (non-hydrogen) atoms. The molecule has 0 aliphatic carbocycles. The summed E-state index contributed by atoms with van der Waals surface area (Å²) in [5.74, 6) is -9.86. The van der Waals surface area contributed by atoms with Gasteiger partial charge in [-0.15, -0.1) is 0 Å². The van der Waals surface area contributed by atoms with E-state index in [1.54, 1.807) is 0 Å². The van der Waals surface area contributed by atoms with Gasteiger partial charge in [-0.2, -0.15) is 0 Å². The summed E-state index contributed by atoms with van der Waals surface area (Å²) in [5.41, 5.74) is 0. The highest BCUT2D eigenvalue weighted by Crippen LogP contribution is 2.41. The zero-order valence-corrected chi connectivity index (χ0v) is 61.4. The maximum Gasteiger partial charge on any atom is 0.364 e. The normalized spacial score (nSPS) is 52.6. The zero-order chi connectivity index (χ0) is 87.5. The van der Waals surface area contributed by atoms with Crippen molar-refractivity contribution in [1.29, 1.82) is 0 Å². The second-order valence-electron chi connectivity index (χ2n) is 29.7. The third-order valence-electron chi connectivity index (χ3n) is 21.8. The molecule has 56 heteroatoms. The Morgan fingerprint density at radius 1 is 0.286 bits per heavy atom. The molecule has 11 saturated heterocycles. The van der Waals surface area contributed by atoms with E-state index in [0.29, 0.717) is 0 Å². The number of carbonyl (C=O) groups is 4. The Morgan fingerprint density at radius 3 is 0.857 bits per heavy atom. The summed E-state index contributed by atoms with van der Waals surface area (Å²) in [7, 11) is 0. The fourth-order valence-electron chi connectivity index (χ4n) is 14.9. The van der Waals surface area contributed by atoms with Crippen molar-refractivity contribution in [3.05, 3.63) is 0 Å². The van der Waals surface area contributed by atoms with Crippen LogP contribution in [0.15, 0.2) is 0 Å². The van der Waals surface area contributed by atoms with E-state index in [2.05, 4.69) is 0 Å². The number of fused-ring (bicyclic) bond motifs is 1. The summed E-state index contributed by atoms with van der Waals surface area (Å²) in [6.07, 6.45) is -109. The second kappa shape index (κ2) is 39.5. The summed E-state index contributed by atoms with van der Waals surface area (Å²) in [6.45, 7) is -6.00. The first-order chi connectivity index (χ1) is 56.0. The number of aliphatic hydroxyl groups is 27. The molecule has 686 valence electrons. The highest BCUT2D eigenvalue weighted by molar-refractivity contribution is 5.75. The lowest BCUT2D eigenvalue weighted by molar-refractivity contribution is -0.394. The minimum Gasteiger partial charge on any atom is -0.479 e. The predicted octanol–water partition coefficient (Wildman–Crippen LogP) is -21.7. The summed E-state index contributed by atoms with van der Waals surface area (Å²) >= 11 is 0. The second-order valence-corrected chi connectivity index (χ2v) is 29.7. The van der Waals surface area contributed by atoms with Crippen molar-refractivity contribution >= 4 is 23.9 Å². The molecular formula is C63H98O56. The van der Waals surface area contributed by atoms with E-state index >= 15 is 0 Å². The van der Waals surface area contributed by atoms with Crippen LogP contribution >= 0.6 is 0 Å². The number of hydrogen-bond donors (Lipinski definition) is 31. The zero-order valence-electron chi connectivity index (χ0n) is 61.4. The lowest BCUT2D eigenvalue weighted by Gasteiger charge is -2.49. The Hall–Kier alpha value is -4.04. The molecule has 0 saturated carbocycles. The Morgan fingerprint density at radius 2 is 0.538 bits per heavy atom. The van der Waals surface area contributed by atoms with Gasteiger partial charge in [0.25, 0.3) is 5.79 Å². The van der Waals surface area contributed by atoms with Crippen LogP contribution in [0.4, 0.5) is 0 Å². The van der Waals surface area contributed by atoms with Crippen LogP contribution in [0.25, 0.3) is 0 Å². The van der Waals surface area contributed by atoms with Gasteiger partial charge in [-0.05, 0) is 0 Å². The van der Waals surface area contributed by atoms with Crippen LogP contribution in [0, 0.1) is 0 Å². The van der Waals surface area contributed by atoms with Crippen molar-refractivity contribution in [3.63, 3.8) is 0 Å². The van der Waals surface area contributed by atoms with Crippen molar-refractivity contribution in [1.82, 2.24) is 0 Å². The van der Waals surface area contributed by atoms with E-state index in [4.69, 9.17) is 99.5 Å². The molecule has 31 N–H and O–H groups in total. The van der Waals surface area contributed by atoms with Crippen LogP contribution in [-0.2, 0) is 119 Å². The molecule has 0 aromatic heterocycles. The highest BCUT2D eigenvalue weighted by Gasteiger charge is 2.63. The van der Waals surface area contributed by atoms with E-state index in [9.17, 15) is 177 Å². The van der Waals surface area contributed by atoms with Crippen LogP contribution in [0.2, 0.25) is 0 Å². The molecular weight excluding hydrogens is 1650 g/mol. The first-order valence-corrected chi connectivity index (χ1v) is 36.7. The van der Waals surface area contributed by atoms with Crippen molar-refractivity contribution < 1.29 is 277 Å². The van der Waals surface area contributed by atoms with E-state index in [-0.39, 0.29) is 0 Å². The predicted molar refractivity (Wildman–Crippen MR) is 345 cm³/mol. The largest absolute Gasteiger partial charge is 0.479 e. The smallest absolute Gasteiger partial charge is 0.364 e. The van der Waals surface area contributed by atoms with Crippen LogP contribution in [0.5, 0.6) is 0 Å². The molecule has 56 nitrogen and oxygen atoms in total. The number of aliphatic hydroxyl groups excluding tert-OH is 27. The molecule has 0 amide bonds. The standard InChI is InChI=1S/C63H98O56/c1-63(62(97)98)101-8-15-42(119-63)24(76)32(84)54(108-15)100-7-14-17(69)19(71)30(82)56(107-14)113-43-25(77)35(87)60(116-46(43)49(90)91)112-41-12(5-67)105-58(34(86)23(41)75)110-40-11(4-66)104-57(33(85)22(40)74)109-39-10(3-65)103-53(31(83)21(39)73)99-6-13-16(68)18(70)29(81)55(106-13)114-44-27(79)37(89)61(118-47(44)50(92)93)115-45-26(78)36(88)59(117-48(45)51(94)95)111-38-9(2-64)102-52(96)28(80)20(38)72/h9-48,52-61,64-89,96H,2-8H2,1H3,(H,90,91)(H,92,93)(H,94,95)(H,97,98)/t9-,10-,11-,12-,13-,14-,15-,16-,17+,18+,19+,20-,21-,22-,23-,24-,25-,26-,27-,28-,29-,30-,31-,32-,33-,34-,35-,36-,37-,38-,39-,40-,41-,42-,43+,44+,45+,46+,47+,48+,52?,53-,54-,55-,56-,57+,58+,59-,60-,61-,63?/m1/s1. The minimum atomic E-state index is -2.56. The number of hydrogen-bond acceptors (Lipinski definition) is 52. The molecule has 0 aromatic rings. The number of carboxylic acid groups (broad SMARTS) is 4. The van der Waals surface area contributed by atoms with E-state index in [1.165, 1.54) is 0 Å². The number of ether oxygens (including phenoxy) is 21. The molecule has 0 radical (unpaired) electrons. The third-order valence-corrected chi connectivity index (χ3v) is 21.8. The van der Waals surface area contributed by atoms with E-state index < -0.39 is 383 Å². The summed E-state index contributed by atoms with van der Waals surface area (Å²) in [5, 5.41) is 335. The highest BCUT2D eigenvalue weighted by atomic mass is 16.8. The van der Waals surface area contributed by atoms with Gasteiger partial charge in [0.05, 0.1) is 46.2 Å². The number of carboxylic acids is 4. The molecule has 0 spiro atoms. The van der Waals surface area contributed by atoms with Crippen LogP contribution in [0.3, 0.4) is 0 Å². The van der Waals surface area contributed by atoms with Gasteiger partial charge in [-0.1, -0.05) is 0 Å². The van der Waals surface area contributed by atoms with Gasteiger partial charge in [-0.3, -0.25) is 0 Å². The van der Waals surface area contributed by atoms with Gasteiger partial charge in [0, 0.05) is 6.92 Å². The van der Waals surface area contributed by atoms with Crippen LogP contribution in [0.1, 0.15) is 6.92 Å². The van der Waals surface area contributed by atoms with Crippen LogP contribution in [-0.4, -0.2) is 541 Å². The van der Waals surface area contributed by atoms with Gasteiger partial charge in [0.2, 0.25) is 0 Å². The van der Waals surface area contributed by atoms with Crippen molar-refractivity contribution in [2.75, 3.05) is 46.2 Å². The van der Waals surface area contributed by atoms with Crippen molar-refractivity contribution in [2.45, 2.75) is 320 Å². The molecule has 0 bridgehead atoms. The average Bonchev–Trinajstić information content (AvgIpc) is 0.772. The molecule has 11 rings (SSSR count). The topological polar surface area (TPSA) is 889 Å². The average molecular weight is 1750 g/mol. The molecule has 11 aliphatic heterocycles. The first kappa shape index (κ1) is 95.6. The lowest BCUT2D eigenvalue weighted by Crippen LogP contribution is -2.68. The lowest BCUT2D eigenvalue weighted by atomic mass is 9.95. The Balaban J connectivity index is 0.661. The summed E-state index contributed by atoms with van der Waals surface area (Å²) < 4.78 is 115. The van der Waals surface area contributed by atoms with Gasteiger partial charge >= 0.3 is 23.9 Å². The Bertz CT molecular complexity index is 3300.